The summed E-state index contributed by atoms with van der Waals surface area (Å²) in [4.78, 5) is 13.9. The van der Waals surface area contributed by atoms with E-state index in [1.165, 1.54) is 0 Å². The number of hydrogen-bond donors (Lipinski definition) is 0. The Labute approximate surface area is 131 Å². The molecule has 0 radical (unpaired) electrons. The van der Waals surface area contributed by atoms with Crippen molar-refractivity contribution in [2.45, 2.75) is 44.5 Å². The summed E-state index contributed by atoms with van der Waals surface area (Å²) in [6.07, 6.45) is 0.562. The Morgan fingerprint density at radius 2 is 2.18 bits per heavy atom. The van der Waals surface area contributed by atoms with Gasteiger partial charge in [0.2, 0.25) is 0 Å². The summed E-state index contributed by atoms with van der Waals surface area (Å²) in [5.74, 6) is 0.829. The number of methoxy groups -OCH3 is 1. The topological polar surface area (TPSA) is 51.3 Å². The minimum atomic E-state index is -0.469. The second-order valence-electron chi connectivity index (χ2n) is 6.90. The van der Waals surface area contributed by atoms with Crippen LogP contribution in [0.1, 0.15) is 32.8 Å². The first kappa shape index (κ1) is 15.2. The second kappa shape index (κ2) is 5.16. The van der Waals surface area contributed by atoms with Gasteiger partial charge in [-0.15, -0.1) is 0 Å². The number of amides is 1. The zero-order chi connectivity index (χ0) is 16.0. The quantitative estimate of drug-likeness (QED) is 0.788. The Bertz CT molecular complexity index is 580. The average molecular weight is 305 g/mol. The van der Waals surface area contributed by atoms with Gasteiger partial charge in [0, 0.05) is 13.0 Å². The number of epoxide rings is 1. The molecule has 2 heterocycles. The minimum absolute atomic E-state index is 0.0425. The van der Waals surface area contributed by atoms with E-state index in [0.717, 1.165) is 17.7 Å². The van der Waals surface area contributed by atoms with E-state index in [2.05, 4.69) is 6.07 Å². The molecule has 0 bridgehead atoms. The van der Waals surface area contributed by atoms with Crippen molar-refractivity contribution in [1.29, 1.82) is 0 Å². The molecule has 0 N–H and O–H groups in total. The highest BCUT2D eigenvalue weighted by atomic mass is 16.6. The van der Waals surface area contributed by atoms with Crippen molar-refractivity contribution < 1.29 is 19.0 Å². The second-order valence-corrected chi connectivity index (χ2v) is 6.90. The number of nitrogens with zero attached hydrogens (tertiary/aromatic N) is 1. The molecule has 2 unspecified atom stereocenters. The Kier molecular flexibility index (Phi) is 3.56. The van der Waals surface area contributed by atoms with Gasteiger partial charge in [0.25, 0.3) is 0 Å². The monoisotopic (exact) mass is 305 g/mol. The molecular weight excluding hydrogens is 282 g/mol. The molecule has 2 aliphatic rings. The average Bonchev–Trinajstić information content (AvgIpc) is 3.20. The fourth-order valence-corrected chi connectivity index (χ4v) is 2.99. The Morgan fingerprint density at radius 3 is 2.82 bits per heavy atom. The number of piperidine rings is 1. The molecule has 2 atom stereocenters. The van der Waals surface area contributed by atoms with Crippen molar-refractivity contribution in [2.24, 2.45) is 0 Å². The van der Waals surface area contributed by atoms with E-state index < -0.39 is 5.60 Å². The smallest absolute Gasteiger partial charge is 0.410 e. The number of likely N-dealkylation sites (tertiary alicyclic amines) is 1. The van der Waals surface area contributed by atoms with Crippen LogP contribution in [0.4, 0.5) is 4.79 Å². The number of ether oxygens (including phenoxy) is 3. The molecule has 0 aromatic heterocycles. The molecule has 1 aromatic carbocycles. The molecule has 0 saturated carbocycles. The number of fused-ring (bicyclic) bond motifs is 1. The van der Waals surface area contributed by atoms with Gasteiger partial charge in [-0.2, -0.15) is 0 Å². The third kappa shape index (κ3) is 2.77. The third-order valence-corrected chi connectivity index (χ3v) is 4.16. The van der Waals surface area contributed by atoms with Gasteiger partial charge in [0.15, 0.2) is 0 Å². The van der Waals surface area contributed by atoms with Crippen LogP contribution in [0.15, 0.2) is 24.3 Å². The summed E-state index contributed by atoms with van der Waals surface area (Å²) in [5, 5.41) is 0. The van der Waals surface area contributed by atoms with E-state index in [0.29, 0.717) is 13.1 Å². The van der Waals surface area contributed by atoms with E-state index in [1.54, 1.807) is 12.0 Å². The number of hydrogen-bond acceptors (Lipinski definition) is 4. The lowest BCUT2D eigenvalue weighted by atomic mass is 9.89. The lowest BCUT2D eigenvalue weighted by Crippen LogP contribution is -2.44. The third-order valence-electron chi connectivity index (χ3n) is 4.16. The summed E-state index contributed by atoms with van der Waals surface area (Å²) in [7, 11) is 1.66. The van der Waals surface area contributed by atoms with Gasteiger partial charge < -0.3 is 19.1 Å². The number of carbonyl (C=O) groups is 1. The van der Waals surface area contributed by atoms with Gasteiger partial charge in [-0.3, -0.25) is 0 Å². The first-order valence-corrected chi connectivity index (χ1v) is 7.64. The van der Waals surface area contributed by atoms with Gasteiger partial charge in [0.05, 0.1) is 13.7 Å². The molecule has 0 aliphatic carbocycles. The molecular formula is C17H23NO4. The van der Waals surface area contributed by atoms with Gasteiger partial charge in [0.1, 0.15) is 23.1 Å². The lowest BCUT2D eigenvalue weighted by molar-refractivity contribution is 0.0217. The van der Waals surface area contributed by atoms with Crippen LogP contribution in [0, 0.1) is 0 Å². The summed E-state index contributed by atoms with van der Waals surface area (Å²) >= 11 is 0. The molecule has 5 nitrogen and oxygen atoms in total. The van der Waals surface area contributed by atoms with Crippen molar-refractivity contribution in [3.05, 3.63) is 29.8 Å². The van der Waals surface area contributed by atoms with E-state index in [4.69, 9.17) is 14.2 Å². The zero-order valence-corrected chi connectivity index (χ0v) is 13.6. The number of benzene rings is 1. The molecule has 5 heteroatoms. The minimum Gasteiger partial charge on any atom is -0.497 e. The van der Waals surface area contributed by atoms with Gasteiger partial charge in [-0.1, -0.05) is 12.1 Å². The van der Waals surface area contributed by atoms with Crippen LogP contribution in [0.2, 0.25) is 0 Å². The molecule has 3 rings (SSSR count). The van der Waals surface area contributed by atoms with E-state index in [1.807, 2.05) is 39.0 Å². The van der Waals surface area contributed by atoms with Crippen LogP contribution < -0.4 is 4.74 Å². The maximum Gasteiger partial charge on any atom is 0.410 e. The lowest BCUT2D eigenvalue weighted by Gasteiger charge is -2.31. The maximum atomic E-state index is 12.1. The van der Waals surface area contributed by atoms with Crippen molar-refractivity contribution in [3.8, 4) is 5.75 Å². The van der Waals surface area contributed by atoms with Gasteiger partial charge in [-0.05, 0) is 38.5 Å². The molecule has 2 fully saturated rings. The van der Waals surface area contributed by atoms with Crippen LogP contribution in [0.5, 0.6) is 5.75 Å². The van der Waals surface area contributed by atoms with Gasteiger partial charge >= 0.3 is 6.09 Å². The fourth-order valence-electron chi connectivity index (χ4n) is 2.99. The van der Waals surface area contributed by atoms with Crippen molar-refractivity contribution in [2.75, 3.05) is 20.2 Å². The fraction of sp³-hybridized carbons (Fsp3) is 0.588. The molecule has 2 aliphatic heterocycles. The predicted octanol–water partition coefficient (Wildman–Crippen LogP) is 2.93. The largest absolute Gasteiger partial charge is 0.497 e. The molecule has 2 saturated heterocycles. The molecule has 1 aromatic rings. The highest BCUT2D eigenvalue weighted by molar-refractivity contribution is 5.68. The highest BCUT2D eigenvalue weighted by Gasteiger charge is 2.61. The van der Waals surface area contributed by atoms with Crippen LogP contribution in [0.25, 0.3) is 0 Å². The summed E-state index contributed by atoms with van der Waals surface area (Å²) in [6, 6.07) is 7.98. The molecule has 120 valence electrons. The Balaban J connectivity index is 1.67. The summed E-state index contributed by atoms with van der Waals surface area (Å²) < 4.78 is 16.7. The van der Waals surface area contributed by atoms with Crippen LogP contribution in [-0.2, 0) is 15.1 Å². The first-order chi connectivity index (χ1) is 10.3. The van der Waals surface area contributed by atoms with E-state index >= 15 is 0 Å². The maximum absolute atomic E-state index is 12.1. The van der Waals surface area contributed by atoms with E-state index in [9.17, 15) is 4.79 Å². The normalized spacial score (nSPS) is 27.1. The molecule has 0 spiro atoms. The molecule has 1 amide bonds. The Hall–Kier alpha value is -1.75. The SMILES string of the molecule is COc1cccc(C23CCN(C(=O)OC(C)(C)C)CC2O3)c1. The number of rotatable bonds is 2. The Morgan fingerprint density at radius 1 is 1.41 bits per heavy atom. The van der Waals surface area contributed by atoms with Crippen LogP contribution in [-0.4, -0.2) is 42.9 Å². The number of carbonyl (C=O) groups excluding carboxylic acids is 1. The van der Waals surface area contributed by atoms with Crippen LogP contribution >= 0.6 is 0 Å². The van der Waals surface area contributed by atoms with Crippen molar-refractivity contribution in [3.63, 3.8) is 0 Å². The standard InChI is InChI=1S/C17H23NO4/c1-16(2,3)22-15(19)18-9-8-17(14(11-18)21-17)12-6-5-7-13(10-12)20-4/h5-7,10,14H,8-9,11H2,1-4H3. The van der Waals surface area contributed by atoms with Crippen molar-refractivity contribution in [1.82, 2.24) is 4.90 Å². The highest BCUT2D eigenvalue weighted by Crippen LogP contribution is 2.52. The summed E-state index contributed by atoms with van der Waals surface area (Å²) in [5.41, 5.74) is 0.399. The first-order valence-electron chi connectivity index (χ1n) is 7.64. The summed E-state index contributed by atoms with van der Waals surface area (Å²) in [6.45, 7) is 6.85. The van der Waals surface area contributed by atoms with Crippen molar-refractivity contribution >= 4 is 6.09 Å². The van der Waals surface area contributed by atoms with Crippen LogP contribution in [0.3, 0.4) is 0 Å². The van der Waals surface area contributed by atoms with Gasteiger partial charge in [-0.25, -0.2) is 4.79 Å². The zero-order valence-electron chi connectivity index (χ0n) is 13.6. The predicted molar refractivity (Wildman–Crippen MR) is 82.0 cm³/mol. The molecule has 22 heavy (non-hydrogen) atoms. The van der Waals surface area contributed by atoms with E-state index in [-0.39, 0.29) is 17.8 Å².